The molecule has 0 amide bonds. The van der Waals surface area contributed by atoms with Crippen molar-refractivity contribution in [2.75, 3.05) is 6.61 Å². The molecule has 0 fully saturated rings. The number of aliphatic hydroxyl groups excluding tert-OH is 1. The van der Waals surface area contributed by atoms with Gasteiger partial charge < -0.3 is 15.2 Å². The van der Waals surface area contributed by atoms with Gasteiger partial charge >= 0.3 is 0 Å². The number of nitrogens with zero attached hydrogens (tertiary/aromatic N) is 2. The lowest BCUT2D eigenvalue weighted by atomic mass is 10.1. The third-order valence-electron chi connectivity index (χ3n) is 4.77. The van der Waals surface area contributed by atoms with Crippen LogP contribution in [0.4, 0.5) is 4.39 Å². The fraction of sp³-hybridized carbons (Fsp3) is 0.318. The molecule has 1 heterocycles. The highest BCUT2D eigenvalue weighted by molar-refractivity contribution is 5.38. The lowest BCUT2D eigenvalue weighted by Gasteiger charge is -2.16. The summed E-state index contributed by atoms with van der Waals surface area (Å²) in [6.07, 6.45) is 1.81. The summed E-state index contributed by atoms with van der Waals surface area (Å²) in [6.45, 7) is 7.12. The van der Waals surface area contributed by atoms with E-state index in [1.807, 2.05) is 44.3 Å². The van der Waals surface area contributed by atoms with E-state index in [0.717, 1.165) is 22.4 Å². The van der Waals surface area contributed by atoms with Gasteiger partial charge in [0, 0.05) is 29.4 Å². The molecule has 3 aromatic rings. The minimum Gasteiger partial charge on any atom is -0.494 e. The van der Waals surface area contributed by atoms with E-state index in [9.17, 15) is 9.50 Å². The highest BCUT2D eigenvalue weighted by atomic mass is 19.1. The van der Waals surface area contributed by atoms with Gasteiger partial charge in [-0.25, -0.2) is 9.07 Å². The number of aromatic nitrogens is 2. The minimum absolute atomic E-state index is 0.0573. The fourth-order valence-corrected chi connectivity index (χ4v) is 3.26. The zero-order chi connectivity index (χ0) is 20.1. The van der Waals surface area contributed by atoms with Gasteiger partial charge in [-0.15, -0.1) is 0 Å². The second-order valence-electron chi connectivity index (χ2n) is 6.71. The second kappa shape index (κ2) is 8.99. The molecule has 2 N–H and O–H groups in total. The SMILES string of the molecule is CCOc1ccc(CN[C@H](C)c2cnn(-c3cccc(F)c3)c2C)cc1CO. The van der Waals surface area contributed by atoms with Crippen molar-refractivity contribution in [1.29, 1.82) is 0 Å². The van der Waals surface area contributed by atoms with Crippen LogP contribution in [0.5, 0.6) is 5.75 Å². The maximum absolute atomic E-state index is 13.5. The summed E-state index contributed by atoms with van der Waals surface area (Å²) >= 11 is 0. The lowest BCUT2D eigenvalue weighted by Crippen LogP contribution is -2.19. The van der Waals surface area contributed by atoms with E-state index in [0.29, 0.717) is 24.6 Å². The van der Waals surface area contributed by atoms with Gasteiger partial charge in [-0.2, -0.15) is 5.10 Å². The molecule has 1 atom stereocenters. The first-order valence-electron chi connectivity index (χ1n) is 9.42. The zero-order valence-corrected chi connectivity index (χ0v) is 16.4. The van der Waals surface area contributed by atoms with E-state index in [1.165, 1.54) is 12.1 Å². The van der Waals surface area contributed by atoms with Gasteiger partial charge in [-0.1, -0.05) is 12.1 Å². The Balaban J connectivity index is 1.71. The van der Waals surface area contributed by atoms with Gasteiger partial charge in [0.15, 0.2) is 0 Å². The van der Waals surface area contributed by atoms with Crippen molar-refractivity contribution < 1.29 is 14.2 Å². The molecule has 0 aliphatic rings. The first-order valence-corrected chi connectivity index (χ1v) is 9.42. The van der Waals surface area contributed by atoms with E-state index < -0.39 is 0 Å². The number of rotatable bonds is 8. The average Bonchev–Trinajstić information content (AvgIpc) is 3.08. The molecular weight excluding hydrogens is 357 g/mol. The molecule has 28 heavy (non-hydrogen) atoms. The number of ether oxygens (including phenoxy) is 1. The predicted molar refractivity (Wildman–Crippen MR) is 107 cm³/mol. The predicted octanol–water partition coefficient (Wildman–Crippen LogP) is 4.06. The van der Waals surface area contributed by atoms with Crippen LogP contribution >= 0.6 is 0 Å². The highest BCUT2D eigenvalue weighted by Crippen LogP contribution is 2.23. The first kappa shape index (κ1) is 20.0. The van der Waals surface area contributed by atoms with Crippen LogP contribution < -0.4 is 10.1 Å². The van der Waals surface area contributed by atoms with E-state index >= 15 is 0 Å². The van der Waals surface area contributed by atoms with E-state index in [4.69, 9.17) is 4.74 Å². The third kappa shape index (κ3) is 4.40. The second-order valence-corrected chi connectivity index (χ2v) is 6.71. The lowest BCUT2D eigenvalue weighted by molar-refractivity contribution is 0.267. The highest BCUT2D eigenvalue weighted by Gasteiger charge is 2.14. The first-order chi connectivity index (χ1) is 13.5. The summed E-state index contributed by atoms with van der Waals surface area (Å²) in [5, 5.41) is 17.5. The van der Waals surface area contributed by atoms with Crippen molar-refractivity contribution in [2.45, 2.75) is 40.0 Å². The number of hydrogen-bond acceptors (Lipinski definition) is 4. The normalized spacial score (nSPS) is 12.2. The van der Waals surface area contributed by atoms with Crippen molar-refractivity contribution in [2.24, 2.45) is 0 Å². The van der Waals surface area contributed by atoms with Crippen LogP contribution in [0.25, 0.3) is 5.69 Å². The minimum atomic E-state index is -0.282. The molecule has 0 saturated heterocycles. The molecule has 0 radical (unpaired) electrons. The van der Waals surface area contributed by atoms with Crippen LogP contribution in [-0.2, 0) is 13.2 Å². The van der Waals surface area contributed by atoms with Crippen molar-refractivity contribution >= 4 is 0 Å². The van der Waals surface area contributed by atoms with Crippen molar-refractivity contribution in [3.05, 3.63) is 76.9 Å². The van der Waals surface area contributed by atoms with Gasteiger partial charge in [-0.3, -0.25) is 0 Å². The standard InChI is InChI=1S/C22H26FN3O2/c1-4-28-22-9-8-17(10-18(22)14-27)12-24-15(2)21-13-25-26(16(21)3)20-7-5-6-19(23)11-20/h5-11,13,15,24,27H,4,12,14H2,1-3H3/t15-/m1/s1. The molecule has 0 unspecified atom stereocenters. The van der Waals surface area contributed by atoms with Gasteiger partial charge in [0.2, 0.25) is 0 Å². The Morgan fingerprint density at radius 3 is 2.79 bits per heavy atom. The Hall–Kier alpha value is -2.70. The fourth-order valence-electron chi connectivity index (χ4n) is 3.26. The summed E-state index contributed by atoms with van der Waals surface area (Å²) in [5.41, 5.74) is 4.57. The average molecular weight is 383 g/mol. The number of nitrogens with one attached hydrogen (secondary N) is 1. The van der Waals surface area contributed by atoms with Gasteiger partial charge in [0.1, 0.15) is 11.6 Å². The van der Waals surface area contributed by atoms with Crippen LogP contribution in [0.1, 0.15) is 42.3 Å². The Kier molecular flexibility index (Phi) is 6.44. The molecule has 5 nitrogen and oxygen atoms in total. The van der Waals surface area contributed by atoms with Crippen LogP contribution in [-0.4, -0.2) is 21.5 Å². The maximum Gasteiger partial charge on any atom is 0.125 e. The Morgan fingerprint density at radius 1 is 1.25 bits per heavy atom. The smallest absolute Gasteiger partial charge is 0.125 e. The van der Waals surface area contributed by atoms with Gasteiger partial charge in [0.25, 0.3) is 0 Å². The third-order valence-corrected chi connectivity index (χ3v) is 4.77. The van der Waals surface area contributed by atoms with Crippen LogP contribution in [0.15, 0.2) is 48.7 Å². The summed E-state index contributed by atoms with van der Waals surface area (Å²) in [7, 11) is 0. The maximum atomic E-state index is 13.5. The summed E-state index contributed by atoms with van der Waals surface area (Å²) in [6, 6.07) is 12.3. The van der Waals surface area contributed by atoms with E-state index in [2.05, 4.69) is 17.3 Å². The Morgan fingerprint density at radius 2 is 2.07 bits per heavy atom. The number of halogens is 1. The van der Waals surface area contributed by atoms with Gasteiger partial charge in [-0.05, 0) is 56.7 Å². The largest absolute Gasteiger partial charge is 0.494 e. The molecule has 1 aromatic heterocycles. The Labute approximate surface area is 164 Å². The molecule has 0 aliphatic carbocycles. The summed E-state index contributed by atoms with van der Waals surface area (Å²) in [4.78, 5) is 0. The molecule has 6 heteroatoms. The molecule has 3 rings (SSSR count). The van der Waals surface area contributed by atoms with Crippen molar-refractivity contribution in [3.63, 3.8) is 0 Å². The van der Waals surface area contributed by atoms with E-state index in [1.54, 1.807) is 10.7 Å². The number of benzene rings is 2. The van der Waals surface area contributed by atoms with Gasteiger partial charge in [0.05, 0.1) is 25.1 Å². The molecule has 148 valence electrons. The zero-order valence-electron chi connectivity index (χ0n) is 16.4. The van der Waals surface area contributed by atoms with Crippen molar-refractivity contribution in [1.82, 2.24) is 15.1 Å². The molecule has 2 aromatic carbocycles. The van der Waals surface area contributed by atoms with Crippen molar-refractivity contribution in [3.8, 4) is 11.4 Å². The van der Waals surface area contributed by atoms with Crippen LogP contribution in [0.2, 0.25) is 0 Å². The quantitative estimate of drug-likeness (QED) is 0.616. The topological polar surface area (TPSA) is 59.3 Å². The van der Waals surface area contributed by atoms with E-state index in [-0.39, 0.29) is 18.5 Å². The summed E-state index contributed by atoms with van der Waals surface area (Å²) < 4.78 is 20.8. The van der Waals surface area contributed by atoms with Crippen LogP contribution in [0, 0.1) is 12.7 Å². The number of hydrogen-bond donors (Lipinski definition) is 2. The monoisotopic (exact) mass is 383 g/mol. The summed E-state index contributed by atoms with van der Waals surface area (Å²) in [5.74, 6) is 0.435. The van der Waals surface area contributed by atoms with Crippen LogP contribution in [0.3, 0.4) is 0 Å². The molecule has 0 aliphatic heterocycles. The molecule has 0 spiro atoms. The number of aliphatic hydroxyl groups is 1. The molecule has 0 bridgehead atoms. The molecule has 0 saturated carbocycles. The molecular formula is C22H26FN3O2. The Bertz CT molecular complexity index is 939.